The molecule has 0 radical (unpaired) electrons. The van der Waals surface area contributed by atoms with Gasteiger partial charge in [-0.15, -0.1) is 0 Å². The number of aryl methyl sites for hydroxylation is 1. The van der Waals surface area contributed by atoms with E-state index in [0.717, 1.165) is 12.2 Å². The number of hydrogen-bond acceptors (Lipinski definition) is 2. The van der Waals surface area contributed by atoms with Crippen molar-refractivity contribution < 1.29 is 0 Å². The van der Waals surface area contributed by atoms with E-state index in [-0.39, 0.29) is 0 Å². The number of aromatic nitrogens is 1. The van der Waals surface area contributed by atoms with Gasteiger partial charge >= 0.3 is 0 Å². The lowest BCUT2D eigenvalue weighted by atomic mass is 9.90. The molecule has 0 aliphatic heterocycles. The normalized spacial score (nSPS) is 17.3. The van der Waals surface area contributed by atoms with E-state index < -0.39 is 0 Å². The molecule has 98 valence electrons. The third-order valence-electron chi connectivity index (χ3n) is 3.55. The summed E-state index contributed by atoms with van der Waals surface area (Å²) in [5.41, 5.74) is 4.04. The minimum atomic E-state index is 0.395. The third kappa shape index (κ3) is 3.42. The van der Waals surface area contributed by atoms with Crippen molar-refractivity contribution in [1.82, 2.24) is 10.3 Å². The third-order valence-corrected chi connectivity index (χ3v) is 3.55. The van der Waals surface area contributed by atoms with Gasteiger partial charge in [0, 0.05) is 11.9 Å². The fourth-order valence-corrected chi connectivity index (χ4v) is 2.62. The quantitative estimate of drug-likeness (QED) is 0.794. The summed E-state index contributed by atoms with van der Waals surface area (Å²) in [7, 11) is 0. The molecular formula is C16H24N2. The maximum Gasteiger partial charge on any atom is 0.0537 e. The zero-order valence-corrected chi connectivity index (χ0v) is 11.6. The number of hydrogen-bond donors (Lipinski definition) is 1. The summed E-state index contributed by atoms with van der Waals surface area (Å²) in [6.07, 6.45) is 10.7. The molecule has 0 saturated heterocycles. The van der Waals surface area contributed by atoms with Crippen molar-refractivity contribution >= 4 is 0 Å². The number of pyridine rings is 1. The van der Waals surface area contributed by atoms with Gasteiger partial charge in [-0.2, -0.15) is 0 Å². The van der Waals surface area contributed by atoms with E-state index in [4.69, 9.17) is 0 Å². The summed E-state index contributed by atoms with van der Waals surface area (Å²) in [5.74, 6) is 0. The Morgan fingerprint density at radius 3 is 2.94 bits per heavy atom. The number of nitrogens with one attached hydrogen (secondary N) is 1. The van der Waals surface area contributed by atoms with Gasteiger partial charge in [0.1, 0.15) is 0 Å². The Balaban J connectivity index is 2.21. The largest absolute Gasteiger partial charge is 0.307 e. The van der Waals surface area contributed by atoms with Gasteiger partial charge in [-0.05, 0) is 63.3 Å². The highest BCUT2D eigenvalue weighted by molar-refractivity contribution is 5.29. The first-order valence-corrected chi connectivity index (χ1v) is 7.16. The fourth-order valence-electron chi connectivity index (χ4n) is 2.62. The Morgan fingerprint density at radius 1 is 1.39 bits per heavy atom. The van der Waals surface area contributed by atoms with Gasteiger partial charge in [-0.1, -0.05) is 18.6 Å². The molecule has 2 heteroatoms. The van der Waals surface area contributed by atoms with Gasteiger partial charge in [0.25, 0.3) is 0 Å². The molecule has 0 aromatic carbocycles. The Labute approximate surface area is 111 Å². The van der Waals surface area contributed by atoms with Crippen LogP contribution in [0.5, 0.6) is 0 Å². The van der Waals surface area contributed by atoms with E-state index in [1.807, 2.05) is 6.20 Å². The molecule has 0 amide bonds. The molecule has 1 unspecified atom stereocenters. The van der Waals surface area contributed by atoms with Gasteiger partial charge in [0.2, 0.25) is 0 Å². The van der Waals surface area contributed by atoms with E-state index in [2.05, 4.69) is 42.4 Å². The van der Waals surface area contributed by atoms with Crippen LogP contribution in [0.2, 0.25) is 0 Å². The zero-order valence-electron chi connectivity index (χ0n) is 11.6. The van der Waals surface area contributed by atoms with E-state index in [1.54, 1.807) is 5.57 Å². The molecule has 2 rings (SSSR count). The van der Waals surface area contributed by atoms with Crippen molar-refractivity contribution in [3.8, 4) is 0 Å². The number of rotatable bonds is 5. The average Bonchev–Trinajstić information content (AvgIpc) is 2.40. The van der Waals surface area contributed by atoms with E-state index in [9.17, 15) is 0 Å². The lowest BCUT2D eigenvalue weighted by Crippen LogP contribution is -2.24. The summed E-state index contributed by atoms with van der Waals surface area (Å²) in [6.45, 7) is 5.36. The van der Waals surface area contributed by atoms with Crippen molar-refractivity contribution in [2.24, 2.45) is 0 Å². The van der Waals surface area contributed by atoms with Gasteiger partial charge in [-0.3, -0.25) is 4.98 Å². The minimum absolute atomic E-state index is 0.395. The summed E-state index contributed by atoms with van der Waals surface area (Å²) in [4.78, 5) is 4.30. The minimum Gasteiger partial charge on any atom is -0.307 e. The predicted octanol–water partition coefficient (Wildman–Crippen LogP) is 3.93. The molecule has 0 bridgehead atoms. The highest BCUT2D eigenvalue weighted by Gasteiger charge is 2.17. The number of nitrogens with zero attached hydrogens (tertiary/aromatic N) is 1. The smallest absolute Gasteiger partial charge is 0.0537 e. The molecule has 1 heterocycles. The SMILES string of the molecule is CCCNC(C1=CCCCC1)c1ccnc(C)c1. The predicted molar refractivity (Wildman–Crippen MR) is 76.6 cm³/mol. The Bertz CT molecular complexity index is 409. The maximum atomic E-state index is 4.30. The summed E-state index contributed by atoms with van der Waals surface area (Å²) >= 11 is 0. The van der Waals surface area contributed by atoms with Gasteiger partial charge in [0.15, 0.2) is 0 Å². The summed E-state index contributed by atoms with van der Waals surface area (Å²) in [6, 6.07) is 4.75. The number of allylic oxidation sites excluding steroid dienone is 1. The van der Waals surface area contributed by atoms with Crippen LogP contribution in [0.1, 0.15) is 56.3 Å². The van der Waals surface area contributed by atoms with E-state index in [1.165, 1.54) is 37.7 Å². The highest BCUT2D eigenvalue weighted by Crippen LogP contribution is 2.29. The second kappa shape index (κ2) is 6.69. The van der Waals surface area contributed by atoms with E-state index in [0.29, 0.717) is 6.04 Å². The Hall–Kier alpha value is -1.15. The van der Waals surface area contributed by atoms with Crippen LogP contribution >= 0.6 is 0 Å². The van der Waals surface area contributed by atoms with Gasteiger partial charge in [-0.25, -0.2) is 0 Å². The molecular weight excluding hydrogens is 220 g/mol. The van der Waals surface area contributed by atoms with Crippen LogP contribution in [-0.2, 0) is 0 Å². The standard InChI is InChI=1S/C16H24N2/c1-3-10-18-16(14-7-5-4-6-8-14)15-9-11-17-13(2)12-15/h7,9,11-12,16,18H,3-6,8,10H2,1-2H3. The molecule has 0 spiro atoms. The van der Waals surface area contributed by atoms with Crippen LogP contribution in [0.25, 0.3) is 0 Å². The van der Waals surface area contributed by atoms with Crippen molar-refractivity contribution in [2.45, 2.75) is 52.0 Å². The lowest BCUT2D eigenvalue weighted by Gasteiger charge is -2.25. The first-order chi connectivity index (χ1) is 8.81. The van der Waals surface area contributed by atoms with Crippen molar-refractivity contribution in [1.29, 1.82) is 0 Å². The topological polar surface area (TPSA) is 24.9 Å². The van der Waals surface area contributed by atoms with E-state index >= 15 is 0 Å². The highest BCUT2D eigenvalue weighted by atomic mass is 14.9. The molecule has 1 aromatic rings. The molecule has 2 nitrogen and oxygen atoms in total. The summed E-state index contributed by atoms with van der Waals surface area (Å²) in [5, 5.41) is 3.69. The van der Waals surface area contributed by atoms with Crippen LogP contribution in [0, 0.1) is 6.92 Å². The van der Waals surface area contributed by atoms with Crippen molar-refractivity contribution in [3.63, 3.8) is 0 Å². The van der Waals surface area contributed by atoms with Crippen molar-refractivity contribution in [3.05, 3.63) is 41.2 Å². The first kappa shape index (κ1) is 13.3. The van der Waals surface area contributed by atoms with Crippen LogP contribution in [0.15, 0.2) is 30.0 Å². The van der Waals surface area contributed by atoms with Gasteiger partial charge in [0.05, 0.1) is 6.04 Å². The summed E-state index contributed by atoms with van der Waals surface area (Å²) < 4.78 is 0. The molecule has 1 aromatic heterocycles. The molecule has 0 saturated carbocycles. The molecule has 1 aliphatic rings. The second-order valence-electron chi connectivity index (χ2n) is 5.14. The van der Waals surface area contributed by atoms with Crippen LogP contribution in [0.3, 0.4) is 0 Å². The van der Waals surface area contributed by atoms with Crippen LogP contribution < -0.4 is 5.32 Å². The van der Waals surface area contributed by atoms with Gasteiger partial charge < -0.3 is 5.32 Å². The molecule has 0 fully saturated rings. The van der Waals surface area contributed by atoms with Crippen LogP contribution in [0.4, 0.5) is 0 Å². The molecule has 1 N–H and O–H groups in total. The average molecular weight is 244 g/mol. The maximum absolute atomic E-state index is 4.30. The first-order valence-electron chi connectivity index (χ1n) is 7.16. The van der Waals surface area contributed by atoms with Crippen molar-refractivity contribution in [2.75, 3.05) is 6.54 Å². The molecule has 1 aliphatic carbocycles. The molecule has 1 atom stereocenters. The second-order valence-corrected chi connectivity index (χ2v) is 5.14. The Morgan fingerprint density at radius 2 is 2.28 bits per heavy atom. The fraction of sp³-hybridized carbons (Fsp3) is 0.562. The Kier molecular flexibility index (Phi) is 4.94. The zero-order chi connectivity index (χ0) is 12.8. The monoisotopic (exact) mass is 244 g/mol. The lowest BCUT2D eigenvalue weighted by molar-refractivity contribution is 0.546. The molecule has 18 heavy (non-hydrogen) atoms. The van der Waals surface area contributed by atoms with Crippen LogP contribution in [-0.4, -0.2) is 11.5 Å².